The van der Waals surface area contributed by atoms with Crippen LogP contribution in [-0.2, 0) is 24.0 Å². The largest absolute Gasteiger partial charge is 0.325 e. The second-order valence-corrected chi connectivity index (χ2v) is 7.72. The van der Waals surface area contributed by atoms with Crippen molar-refractivity contribution in [3.05, 3.63) is 46.5 Å². The van der Waals surface area contributed by atoms with E-state index in [4.69, 9.17) is 4.28 Å². The number of carbonyl (C=O) groups excluding carboxylic acids is 2. The molecular formula is C15H12N2O7S. The highest BCUT2D eigenvalue weighted by atomic mass is 32.2. The Balaban J connectivity index is 1.66. The molecule has 3 aliphatic rings. The van der Waals surface area contributed by atoms with Crippen molar-refractivity contribution in [3.8, 4) is 0 Å². The second-order valence-electron chi connectivity index (χ2n) is 6.22. The Morgan fingerprint density at radius 1 is 1.08 bits per heavy atom. The molecule has 1 aromatic carbocycles. The van der Waals surface area contributed by atoms with E-state index in [1.165, 1.54) is 12.1 Å². The summed E-state index contributed by atoms with van der Waals surface area (Å²) in [5, 5.41) is 11.3. The topological polar surface area (TPSA) is 124 Å². The zero-order valence-corrected chi connectivity index (χ0v) is 13.5. The van der Waals surface area contributed by atoms with Crippen molar-refractivity contribution in [2.75, 3.05) is 0 Å². The number of nitro groups is 1. The van der Waals surface area contributed by atoms with Crippen LogP contribution in [0.4, 0.5) is 5.69 Å². The van der Waals surface area contributed by atoms with E-state index in [1.807, 2.05) is 12.2 Å². The van der Waals surface area contributed by atoms with Gasteiger partial charge in [0.25, 0.3) is 17.5 Å². The fourth-order valence-corrected chi connectivity index (χ4v) is 4.97. The fraction of sp³-hybridized carbons (Fsp3) is 0.333. The Kier molecular flexibility index (Phi) is 3.31. The van der Waals surface area contributed by atoms with Gasteiger partial charge in [-0.05, 0) is 24.3 Å². The van der Waals surface area contributed by atoms with Gasteiger partial charge in [0.1, 0.15) is 0 Å². The van der Waals surface area contributed by atoms with Crippen LogP contribution in [0.25, 0.3) is 0 Å². The van der Waals surface area contributed by atoms with E-state index < -0.39 is 49.3 Å². The van der Waals surface area contributed by atoms with Gasteiger partial charge in [0.2, 0.25) is 0 Å². The molecule has 2 bridgehead atoms. The first kappa shape index (κ1) is 15.9. The molecule has 0 N–H and O–H groups in total. The molecule has 4 atom stereocenters. The summed E-state index contributed by atoms with van der Waals surface area (Å²) >= 11 is 0. The molecule has 25 heavy (non-hydrogen) atoms. The van der Waals surface area contributed by atoms with Gasteiger partial charge >= 0.3 is 10.1 Å². The number of amides is 2. The van der Waals surface area contributed by atoms with Gasteiger partial charge in [-0.15, -0.1) is 9.35 Å². The summed E-state index contributed by atoms with van der Waals surface area (Å²) in [4.78, 5) is 34.4. The van der Waals surface area contributed by atoms with Crippen LogP contribution >= 0.6 is 0 Å². The lowest BCUT2D eigenvalue weighted by atomic mass is 9.85. The molecule has 0 spiro atoms. The van der Waals surface area contributed by atoms with Gasteiger partial charge in [0, 0.05) is 6.07 Å². The monoisotopic (exact) mass is 364 g/mol. The average Bonchev–Trinajstić information content (AvgIpc) is 3.25. The van der Waals surface area contributed by atoms with Crippen LogP contribution in [0.3, 0.4) is 0 Å². The number of hydrogen-bond donors (Lipinski definition) is 0. The molecule has 10 heteroatoms. The van der Waals surface area contributed by atoms with Gasteiger partial charge < -0.3 is 0 Å². The standard InChI is InChI=1S/C15H12N2O7S/c18-14-12-8-5-6-9(7-8)13(12)15(19)16(14)24-25(22,23)11-4-2-1-3-10(11)17(20)21/h1-6,8-9,12-13H,7H2/t8-,9+,12-,13+. The predicted molar refractivity (Wildman–Crippen MR) is 80.9 cm³/mol. The first-order valence-electron chi connectivity index (χ1n) is 7.55. The summed E-state index contributed by atoms with van der Waals surface area (Å²) in [6.07, 6.45) is 4.41. The highest BCUT2D eigenvalue weighted by Gasteiger charge is 2.61. The van der Waals surface area contributed by atoms with E-state index in [-0.39, 0.29) is 16.9 Å². The first-order valence-corrected chi connectivity index (χ1v) is 8.96. The van der Waals surface area contributed by atoms with Gasteiger partial charge in [-0.3, -0.25) is 19.7 Å². The third-order valence-corrected chi connectivity index (χ3v) is 6.16. The van der Waals surface area contributed by atoms with E-state index in [9.17, 15) is 28.1 Å². The average molecular weight is 364 g/mol. The van der Waals surface area contributed by atoms with E-state index in [1.54, 1.807) is 0 Å². The highest BCUT2D eigenvalue weighted by molar-refractivity contribution is 7.86. The van der Waals surface area contributed by atoms with Crippen molar-refractivity contribution in [1.82, 2.24) is 5.06 Å². The molecule has 1 saturated carbocycles. The zero-order chi connectivity index (χ0) is 17.9. The van der Waals surface area contributed by atoms with E-state index >= 15 is 0 Å². The van der Waals surface area contributed by atoms with Crippen LogP contribution < -0.4 is 0 Å². The lowest BCUT2D eigenvalue weighted by molar-refractivity contribution is -0.388. The number of nitro benzene ring substituents is 1. The molecule has 1 saturated heterocycles. The minimum atomic E-state index is -4.71. The number of fused-ring (bicyclic) bond motifs is 5. The third-order valence-electron chi connectivity index (χ3n) is 4.93. The molecule has 0 aromatic heterocycles. The number of imide groups is 1. The number of hydrogen-bond acceptors (Lipinski definition) is 7. The molecule has 0 unspecified atom stereocenters. The Bertz CT molecular complexity index is 909. The number of allylic oxidation sites excluding steroid dienone is 2. The summed E-state index contributed by atoms with van der Waals surface area (Å²) in [6, 6.07) is 4.58. The van der Waals surface area contributed by atoms with Crippen molar-refractivity contribution in [2.24, 2.45) is 23.7 Å². The summed E-state index contributed by atoms with van der Waals surface area (Å²) in [7, 11) is -4.71. The van der Waals surface area contributed by atoms with E-state index in [2.05, 4.69) is 0 Å². The lowest BCUT2D eigenvalue weighted by Crippen LogP contribution is -2.35. The number of hydroxylamine groups is 2. The summed E-state index contributed by atoms with van der Waals surface area (Å²) < 4.78 is 29.6. The van der Waals surface area contributed by atoms with Gasteiger partial charge in [0.05, 0.1) is 16.8 Å². The van der Waals surface area contributed by atoms with Crippen molar-refractivity contribution in [3.63, 3.8) is 0 Å². The second kappa shape index (κ2) is 5.20. The summed E-state index contributed by atoms with van der Waals surface area (Å²) in [5.74, 6) is -2.88. The lowest BCUT2D eigenvalue weighted by Gasteiger charge is -2.15. The van der Waals surface area contributed by atoms with E-state index in [0.29, 0.717) is 6.42 Å². The van der Waals surface area contributed by atoms with Crippen LogP contribution in [0.15, 0.2) is 41.3 Å². The maximum absolute atomic E-state index is 12.5. The smallest absolute Gasteiger partial charge is 0.272 e. The normalized spacial score (nSPS) is 30.2. The molecule has 0 radical (unpaired) electrons. The molecule has 2 amide bonds. The van der Waals surface area contributed by atoms with Gasteiger partial charge in [-0.2, -0.15) is 8.42 Å². The molecular weight excluding hydrogens is 352 g/mol. The van der Waals surface area contributed by atoms with Crippen LogP contribution in [-0.4, -0.2) is 30.2 Å². The molecule has 1 aliphatic heterocycles. The number of rotatable bonds is 4. The molecule has 9 nitrogen and oxygen atoms in total. The molecule has 1 aromatic rings. The van der Waals surface area contributed by atoms with Crippen LogP contribution in [0.2, 0.25) is 0 Å². The number of benzene rings is 1. The van der Waals surface area contributed by atoms with Crippen molar-refractivity contribution >= 4 is 27.6 Å². The highest BCUT2D eigenvalue weighted by Crippen LogP contribution is 2.52. The first-order chi connectivity index (χ1) is 11.8. The van der Waals surface area contributed by atoms with E-state index in [0.717, 1.165) is 12.1 Å². The minimum absolute atomic E-state index is 0.103. The Morgan fingerprint density at radius 2 is 1.64 bits per heavy atom. The van der Waals surface area contributed by atoms with Crippen LogP contribution in [0.1, 0.15) is 6.42 Å². The Hall–Kier alpha value is -2.59. The molecule has 2 fully saturated rings. The van der Waals surface area contributed by atoms with Gasteiger partial charge in [-0.25, -0.2) is 0 Å². The Labute approximate surface area is 142 Å². The van der Waals surface area contributed by atoms with Gasteiger partial charge in [0.15, 0.2) is 4.90 Å². The molecule has 2 aliphatic carbocycles. The molecule has 4 rings (SSSR count). The van der Waals surface area contributed by atoms with Crippen molar-refractivity contribution < 1.29 is 27.2 Å². The number of nitrogens with zero attached hydrogens (tertiary/aromatic N) is 2. The molecule has 130 valence electrons. The van der Waals surface area contributed by atoms with Crippen LogP contribution in [0.5, 0.6) is 0 Å². The van der Waals surface area contributed by atoms with Gasteiger partial charge in [-0.1, -0.05) is 24.3 Å². The minimum Gasteiger partial charge on any atom is -0.272 e. The SMILES string of the molecule is O=C1[C@@H]2[C@H](C(=O)N1OS(=O)(=O)c1ccccc1[N+](=O)[O-])[C@@H]1C=C[C@H]2C1. The molecule has 1 heterocycles. The van der Waals surface area contributed by atoms with Crippen molar-refractivity contribution in [2.45, 2.75) is 11.3 Å². The maximum atomic E-state index is 12.5. The fourth-order valence-electron chi connectivity index (χ4n) is 3.91. The Morgan fingerprint density at radius 3 is 2.20 bits per heavy atom. The van der Waals surface area contributed by atoms with Crippen LogP contribution in [0, 0.1) is 33.8 Å². The maximum Gasteiger partial charge on any atom is 0.325 e. The van der Waals surface area contributed by atoms with Crippen molar-refractivity contribution in [1.29, 1.82) is 0 Å². The summed E-state index contributed by atoms with van der Waals surface area (Å²) in [6.45, 7) is 0. The number of para-hydroxylation sites is 1. The number of carbonyl (C=O) groups is 2. The summed E-state index contributed by atoms with van der Waals surface area (Å²) in [5.41, 5.74) is -0.691. The predicted octanol–water partition coefficient (Wildman–Crippen LogP) is 1.02. The quantitative estimate of drug-likeness (QED) is 0.338. The zero-order valence-electron chi connectivity index (χ0n) is 12.6. The third kappa shape index (κ3) is 2.21.